The Hall–Kier alpha value is -2.97. The van der Waals surface area contributed by atoms with Crippen LogP contribution in [0.15, 0.2) is 49.1 Å². The molecule has 0 unspecified atom stereocenters. The average Bonchev–Trinajstić information content (AvgIpc) is 3.04. The predicted molar refractivity (Wildman–Crippen MR) is 75.0 cm³/mol. The van der Waals surface area contributed by atoms with Gasteiger partial charge in [0.05, 0.1) is 24.8 Å². The van der Waals surface area contributed by atoms with Crippen molar-refractivity contribution < 1.29 is 22.3 Å². The van der Waals surface area contributed by atoms with E-state index in [1.54, 1.807) is 0 Å². The van der Waals surface area contributed by atoms with Gasteiger partial charge in [0.25, 0.3) is 0 Å². The molecule has 3 aromatic rings. The zero-order valence-corrected chi connectivity index (χ0v) is 12.0. The maximum atomic E-state index is 14.1. The van der Waals surface area contributed by atoms with E-state index in [1.807, 2.05) is 0 Å². The smallest absolute Gasteiger partial charge is 0.406 e. The average molecular weight is 338 g/mol. The monoisotopic (exact) mass is 338 g/mol. The van der Waals surface area contributed by atoms with Gasteiger partial charge in [-0.3, -0.25) is 4.98 Å². The molecule has 0 bridgehead atoms. The number of nitrogens with zero attached hydrogens (tertiary/aromatic N) is 4. The third-order valence-corrected chi connectivity index (χ3v) is 3.15. The van der Waals surface area contributed by atoms with Crippen molar-refractivity contribution in [3.8, 4) is 11.4 Å². The number of hydrogen-bond acceptors (Lipinski definition) is 4. The molecule has 0 saturated carbocycles. The second kappa shape index (κ2) is 6.26. The number of pyridine rings is 1. The number of rotatable bonds is 4. The Kier molecular flexibility index (Phi) is 4.15. The van der Waals surface area contributed by atoms with E-state index in [2.05, 4.69) is 19.9 Å². The van der Waals surface area contributed by atoms with Crippen molar-refractivity contribution in [1.82, 2.24) is 20.0 Å². The fraction of sp³-hybridized carbons (Fsp3) is 0.133. The third-order valence-electron chi connectivity index (χ3n) is 3.15. The molecule has 0 fully saturated rings. The molecule has 0 atom stereocenters. The fourth-order valence-corrected chi connectivity index (χ4v) is 2.15. The van der Waals surface area contributed by atoms with E-state index in [4.69, 9.17) is 0 Å². The topological polar surface area (TPSA) is 52.8 Å². The minimum Gasteiger partial charge on any atom is -0.406 e. The molecule has 0 amide bonds. The van der Waals surface area contributed by atoms with Crippen LogP contribution in [0.5, 0.6) is 5.75 Å². The Labute approximate surface area is 133 Å². The molecular weight excluding hydrogens is 328 g/mol. The highest BCUT2D eigenvalue weighted by Gasteiger charge is 2.30. The van der Waals surface area contributed by atoms with Gasteiger partial charge >= 0.3 is 6.36 Å². The number of ether oxygens (including phenoxy) is 1. The second-order valence-corrected chi connectivity index (χ2v) is 4.81. The lowest BCUT2D eigenvalue weighted by Crippen LogP contribution is -2.17. The van der Waals surface area contributed by atoms with Gasteiger partial charge in [-0.25, -0.2) is 4.39 Å². The fourth-order valence-electron chi connectivity index (χ4n) is 2.15. The maximum Gasteiger partial charge on any atom is 0.573 e. The largest absolute Gasteiger partial charge is 0.573 e. The minimum absolute atomic E-state index is 0.136. The molecule has 0 radical (unpaired) electrons. The third kappa shape index (κ3) is 3.67. The van der Waals surface area contributed by atoms with Crippen molar-refractivity contribution in [2.45, 2.75) is 12.8 Å². The SMILES string of the molecule is Fc1cncc(-n2nccn2)c1Cc1ccc(OC(F)(F)F)cc1. The quantitative estimate of drug-likeness (QED) is 0.685. The van der Waals surface area contributed by atoms with Crippen LogP contribution in [0.3, 0.4) is 0 Å². The Morgan fingerprint density at radius 3 is 2.29 bits per heavy atom. The van der Waals surface area contributed by atoms with Crippen LogP contribution in [-0.4, -0.2) is 26.3 Å². The first kappa shape index (κ1) is 15.9. The van der Waals surface area contributed by atoms with Gasteiger partial charge in [0.15, 0.2) is 0 Å². The van der Waals surface area contributed by atoms with Gasteiger partial charge < -0.3 is 4.74 Å². The van der Waals surface area contributed by atoms with E-state index in [9.17, 15) is 17.6 Å². The molecular formula is C15H10F4N4O. The van der Waals surface area contributed by atoms with Gasteiger partial charge in [-0.05, 0) is 17.7 Å². The van der Waals surface area contributed by atoms with Crippen LogP contribution in [-0.2, 0) is 6.42 Å². The van der Waals surface area contributed by atoms with Gasteiger partial charge in [-0.15, -0.1) is 18.0 Å². The number of halogens is 4. The van der Waals surface area contributed by atoms with Crippen LogP contribution in [0.25, 0.3) is 5.69 Å². The van der Waals surface area contributed by atoms with E-state index in [0.29, 0.717) is 11.3 Å². The van der Waals surface area contributed by atoms with Crippen molar-refractivity contribution in [2.24, 2.45) is 0 Å². The van der Waals surface area contributed by atoms with E-state index >= 15 is 0 Å². The normalized spacial score (nSPS) is 11.5. The predicted octanol–water partition coefficient (Wildman–Crippen LogP) is 3.29. The molecule has 0 spiro atoms. The Balaban J connectivity index is 1.87. The molecule has 0 N–H and O–H groups in total. The molecule has 1 aromatic carbocycles. The van der Waals surface area contributed by atoms with Crippen LogP contribution in [0.1, 0.15) is 11.1 Å². The first-order valence-electron chi connectivity index (χ1n) is 6.76. The summed E-state index contributed by atoms with van der Waals surface area (Å²) < 4.78 is 54.4. The van der Waals surface area contributed by atoms with Gasteiger partial charge in [0.1, 0.15) is 17.3 Å². The van der Waals surface area contributed by atoms with Gasteiger partial charge in [-0.2, -0.15) is 10.2 Å². The summed E-state index contributed by atoms with van der Waals surface area (Å²) in [7, 11) is 0. The van der Waals surface area contributed by atoms with Crippen LogP contribution in [0, 0.1) is 5.82 Å². The Bertz CT molecular complexity index is 816. The summed E-state index contributed by atoms with van der Waals surface area (Å²) >= 11 is 0. The van der Waals surface area contributed by atoms with Crippen LogP contribution >= 0.6 is 0 Å². The molecule has 0 saturated heterocycles. The van der Waals surface area contributed by atoms with Crippen molar-refractivity contribution in [3.63, 3.8) is 0 Å². The highest BCUT2D eigenvalue weighted by Crippen LogP contribution is 2.25. The van der Waals surface area contributed by atoms with Gasteiger partial charge in [0.2, 0.25) is 0 Å². The summed E-state index contributed by atoms with van der Waals surface area (Å²) in [6.07, 6.45) is 0.744. The highest BCUT2D eigenvalue weighted by molar-refractivity contribution is 5.41. The van der Waals surface area contributed by atoms with Gasteiger partial charge in [-0.1, -0.05) is 12.1 Å². The summed E-state index contributed by atoms with van der Waals surface area (Å²) in [6, 6.07) is 5.21. The van der Waals surface area contributed by atoms with Crippen molar-refractivity contribution >= 4 is 0 Å². The first-order chi connectivity index (χ1) is 11.4. The lowest BCUT2D eigenvalue weighted by atomic mass is 10.0. The molecule has 0 aliphatic rings. The molecule has 2 heterocycles. The summed E-state index contributed by atoms with van der Waals surface area (Å²) in [5.74, 6) is -0.893. The number of hydrogen-bond donors (Lipinski definition) is 0. The summed E-state index contributed by atoms with van der Waals surface area (Å²) in [5.41, 5.74) is 1.24. The van der Waals surface area contributed by atoms with E-state index in [0.717, 1.165) is 6.20 Å². The van der Waals surface area contributed by atoms with Crippen LogP contribution in [0.2, 0.25) is 0 Å². The maximum absolute atomic E-state index is 14.1. The van der Waals surface area contributed by atoms with E-state index < -0.39 is 12.2 Å². The first-order valence-corrected chi connectivity index (χ1v) is 6.76. The molecule has 0 aliphatic heterocycles. The van der Waals surface area contributed by atoms with Gasteiger partial charge in [0, 0.05) is 12.0 Å². The Morgan fingerprint density at radius 1 is 1.00 bits per heavy atom. The molecule has 124 valence electrons. The lowest BCUT2D eigenvalue weighted by molar-refractivity contribution is -0.274. The molecule has 3 rings (SSSR count). The van der Waals surface area contributed by atoms with Crippen molar-refractivity contribution in [2.75, 3.05) is 0 Å². The van der Waals surface area contributed by atoms with Crippen LogP contribution in [0.4, 0.5) is 17.6 Å². The Morgan fingerprint density at radius 2 is 1.67 bits per heavy atom. The standard InChI is InChI=1S/C15H10F4N4O/c16-13-8-20-9-14(23-21-5-6-22-23)12(13)7-10-1-3-11(4-2-10)24-15(17,18)19/h1-6,8-9H,7H2. The zero-order chi connectivity index (χ0) is 17.2. The van der Waals surface area contributed by atoms with E-state index in [1.165, 1.54) is 47.7 Å². The number of benzene rings is 1. The highest BCUT2D eigenvalue weighted by atomic mass is 19.4. The second-order valence-electron chi connectivity index (χ2n) is 4.81. The van der Waals surface area contributed by atoms with Crippen LogP contribution < -0.4 is 4.74 Å². The zero-order valence-electron chi connectivity index (χ0n) is 12.0. The lowest BCUT2D eigenvalue weighted by Gasteiger charge is -2.11. The molecule has 2 aromatic heterocycles. The molecule has 0 aliphatic carbocycles. The number of aromatic nitrogens is 4. The van der Waals surface area contributed by atoms with Crippen molar-refractivity contribution in [1.29, 1.82) is 0 Å². The minimum atomic E-state index is -4.75. The summed E-state index contributed by atoms with van der Waals surface area (Å²) in [6.45, 7) is 0. The molecule has 24 heavy (non-hydrogen) atoms. The summed E-state index contributed by atoms with van der Waals surface area (Å²) in [5, 5.41) is 7.88. The van der Waals surface area contributed by atoms with Crippen molar-refractivity contribution in [3.05, 3.63) is 66.0 Å². The number of alkyl halides is 3. The van der Waals surface area contributed by atoms with E-state index in [-0.39, 0.29) is 17.7 Å². The molecule has 5 nitrogen and oxygen atoms in total. The summed E-state index contributed by atoms with van der Waals surface area (Å²) in [4.78, 5) is 5.00. The molecule has 9 heteroatoms.